The predicted molar refractivity (Wildman–Crippen MR) is 82.2 cm³/mol. The maximum absolute atomic E-state index is 8.90. The fourth-order valence-electron chi connectivity index (χ4n) is 2.50. The molecule has 0 atom stereocenters. The number of nitrogens with one attached hydrogen (secondary N) is 1. The van der Waals surface area contributed by atoms with E-state index in [4.69, 9.17) is 9.52 Å². The van der Waals surface area contributed by atoms with E-state index in [0.717, 1.165) is 28.8 Å². The van der Waals surface area contributed by atoms with Crippen LogP contribution in [0.25, 0.3) is 11.0 Å². The molecule has 5 nitrogen and oxygen atoms in total. The SMILES string of the molecule is CCc1oc2ccccc2c1CNc1cnn(CCO)c1. The maximum Gasteiger partial charge on any atom is 0.134 e. The molecule has 2 heterocycles. The van der Waals surface area contributed by atoms with Crippen molar-refractivity contribution in [2.45, 2.75) is 26.4 Å². The van der Waals surface area contributed by atoms with E-state index < -0.39 is 0 Å². The maximum atomic E-state index is 8.90. The van der Waals surface area contributed by atoms with Crippen LogP contribution in [-0.4, -0.2) is 21.5 Å². The van der Waals surface area contributed by atoms with Gasteiger partial charge in [-0.05, 0) is 6.07 Å². The van der Waals surface area contributed by atoms with E-state index in [1.54, 1.807) is 10.9 Å². The number of hydrogen-bond donors (Lipinski definition) is 2. The van der Waals surface area contributed by atoms with E-state index in [9.17, 15) is 0 Å². The number of rotatable bonds is 6. The van der Waals surface area contributed by atoms with Gasteiger partial charge in [0.1, 0.15) is 11.3 Å². The second-order valence-corrected chi connectivity index (χ2v) is 4.92. The molecule has 2 N–H and O–H groups in total. The molecule has 0 aliphatic heterocycles. The zero-order valence-corrected chi connectivity index (χ0v) is 12.0. The first-order chi connectivity index (χ1) is 10.3. The molecule has 0 radical (unpaired) electrons. The zero-order chi connectivity index (χ0) is 14.7. The number of aryl methyl sites for hydroxylation is 1. The molecule has 0 unspecified atom stereocenters. The van der Waals surface area contributed by atoms with Crippen molar-refractivity contribution in [3.05, 3.63) is 48.0 Å². The molecule has 0 aliphatic carbocycles. The Kier molecular flexibility index (Phi) is 3.92. The van der Waals surface area contributed by atoms with Crippen molar-refractivity contribution < 1.29 is 9.52 Å². The van der Waals surface area contributed by atoms with Gasteiger partial charge in [-0.1, -0.05) is 25.1 Å². The van der Waals surface area contributed by atoms with Gasteiger partial charge in [-0.25, -0.2) is 0 Å². The van der Waals surface area contributed by atoms with Crippen LogP contribution in [-0.2, 0) is 19.5 Å². The van der Waals surface area contributed by atoms with Crippen LogP contribution in [0.4, 0.5) is 5.69 Å². The van der Waals surface area contributed by atoms with Crippen LogP contribution in [0.5, 0.6) is 0 Å². The highest BCUT2D eigenvalue weighted by Gasteiger charge is 2.12. The number of nitrogens with zero attached hydrogens (tertiary/aromatic N) is 2. The molecule has 1 aromatic carbocycles. The summed E-state index contributed by atoms with van der Waals surface area (Å²) >= 11 is 0. The van der Waals surface area contributed by atoms with Crippen LogP contribution >= 0.6 is 0 Å². The fourth-order valence-corrected chi connectivity index (χ4v) is 2.50. The Hall–Kier alpha value is -2.27. The van der Waals surface area contributed by atoms with Gasteiger partial charge in [0.2, 0.25) is 0 Å². The van der Waals surface area contributed by atoms with Gasteiger partial charge < -0.3 is 14.8 Å². The summed E-state index contributed by atoms with van der Waals surface area (Å²) in [4.78, 5) is 0. The number of aliphatic hydroxyl groups is 1. The van der Waals surface area contributed by atoms with Crippen molar-refractivity contribution in [3.63, 3.8) is 0 Å². The molecule has 3 aromatic rings. The number of hydrogen-bond acceptors (Lipinski definition) is 4. The third kappa shape index (κ3) is 2.78. The van der Waals surface area contributed by atoms with E-state index in [0.29, 0.717) is 13.1 Å². The lowest BCUT2D eigenvalue weighted by molar-refractivity contribution is 0.269. The highest BCUT2D eigenvalue weighted by molar-refractivity contribution is 5.82. The molecule has 0 bridgehead atoms. The minimum atomic E-state index is 0.0907. The van der Waals surface area contributed by atoms with E-state index in [1.165, 1.54) is 5.56 Å². The van der Waals surface area contributed by atoms with Crippen molar-refractivity contribution >= 4 is 16.7 Å². The monoisotopic (exact) mass is 285 g/mol. The van der Waals surface area contributed by atoms with E-state index in [2.05, 4.69) is 23.4 Å². The first kappa shape index (κ1) is 13.7. The number of aliphatic hydroxyl groups excluding tert-OH is 1. The third-order valence-electron chi connectivity index (χ3n) is 3.53. The fraction of sp³-hybridized carbons (Fsp3) is 0.312. The summed E-state index contributed by atoms with van der Waals surface area (Å²) < 4.78 is 7.61. The molecule has 5 heteroatoms. The third-order valence-corrected chi connectivity index (χ3v) is 3.53. The summed E-state index contributed by atoms with van der Waals surface area (Å²) in [6.45, 7) is 3.40. The summed E-state index contributed by atoms with van der Waals surface area (Å²) in [5.74, 6) is 1.02. The second-order valence-electron chi connectivity index (χ2n) is 4.92. The van der Waals surface area contributed by atoms with Crippen LogP contribution in [0.2, 0.25) is 0 Å². The van der Waals surface area contributed by atoms with E-state index in [-0.39, 0.29) is 6.61 Å². The Morgan fingerprint density at radius 1 is 1.33 bits per heavy atom. The second kappa shape index (κ2) is 6.01. The van der Waals surface area contributed by atoms with Gasteiger partial charge in [-0.2, -0.15) is 5.10 Å². The highest BCUT2D eigenvalue weighted by atomic mass is 16.3. The average molecular weight is 285 g/mol. The summed E-state index contributed by atoms with van der Waals surface area (Å²) in [6.07, 6.45) is 4.53. The van der Waals surface area contributed by atoms with Crippen LogP contribution in [0.15, 0.2) is 41.1 Å². The topological polar surface area (TPSA) is 63.2 Å². The van der Waals surface area contributed by atoms with Gasteiger partial charge in [0.05, 0.1) is 25.0 Å². The predicted octanol–water partition coefficient (Wildman–Crippen LogP) is 2.80. The summed E-state index contributed by atoms with van der Waals surface area (Å²) in [5, 5.41) is 17.6. The molecule has 0 saturated heterocycles. The van der Waals surface area contributed by atoms with Gasteiger partial charge >= 0.3 is 0 Å². The molecule has 0 spiro atoms. The zero-order valence-electron chi connectivity index (χ0n) is 12.0. The van der Waals surface area contributed by atoms with Crippen LogP contribution in [0.3, 0.4) is 0 Å². The molecule has 2 aromatic heterocycles. The Bertz CT molecular complexity index is 730. The van der Waals surface area contributed by atoms with E-state index in [1.807, 2.05) is 24.4 Å². The van der Waals surface area contributed by atoms with Crippen molar-refractivity contribution in [3.8, 4) is 0 Å². The Balaban J connectivity index is 1.80. The summed E-state index contributed by atoms with van der Waals surface area (Å²) in [6, 6.07) is 8.10. The van der Waals surface area contributed by atoms with Gasteiger partial charge in [0.15, 0.2) is 0 Å². The summed E-state index contributed by atoms with van der Waals surface area (Å²) in [5.41, 5.74) is 3.07. The quantitative estimate of drug-likeness (QED) is 0.731. The Morgan fingerprint density at radius 2 is 2.19 bits per heavy atom. The number of para-hydroxylation sites is 1. The van der Waals surface area contributed by atoms with Crippen LogP contribution in [0.1, 0.15) is 18.2 Å². The minimum absolute atomic E-state index is 0.0907. The molecule has 0 amide bonds. The number of aromatic nitrogens is 2. The number of furan rings is 1. The smallest absolute Gasteiger partial charge is 0.134 e. The minimum Gasteiger partial charge on any atom is -0.461 e. The number of fused-ring (bicyclic) bond motifs is 1. The molecule has 0 saturated carbocycles. The largest absolute Gasteiger partial charge is 0.461 e. The molecule has 3 rings (SSSR count). The van der Waals surface area contributed by atoms with Crippen LogP contribution < -0.4 is 5.32 Å². The first-order valence-electron chi connectivity index (χ1n) is 7.18. The lowest BCUT2D eigenvalue weighted by Crippen LogP contribution is -2.02. The summed E-state index contributed by atoms with van der Waals surface area (Å²) in [7, 11) is 0. The lowest BCUT2D eigenvalue weighted by Gasteiger charge is -2.04. The number of benzene rings is 1. The van der Waals surface area contributed by atoms with Crippen molar-refractivity contribution in [2.75, 3.05) is 11.9 Å². The van der Waals surface area contributed by atoms with E-state index >= 15 is 0 Å². The normalized spacial score (nSPS) is 11.1. The first-order valence-corrected chi connectivity index (χ1v) is 7.18. The van der Waals surface area contributed by atoms with Gasteiger partial charge in [0, 0.05) is 30.1 Å². The number of anilines is 1. The molecule has 0 aliphatic rings. The molecule has 0 fully saturated rings. The molecular formula is C16H19N3O2. The van der Waals surface area contributed by atoms with Gasteiger partial charge in [0.25, 0.3) is 0 Å². The average Bonchev–Trinajstić information content (AvgIpc) is 3.09. The highest BCUT2D eigenvalue weighted by Crippen LogP contribution is 2.27. The lowest BCUT2D eigenvalue weighted by atomic mass is 10.1. The van der Waals surface area contributed by atoms with Crippen molar-refractivity contribution in [2.24, 2.45) is 0 Å². The Morgan fingerprint density at radius 3 is 3.00 bits per heavy atom. The van der Waals surface area contributed by atoms with Gasteiger partial charge in [-0.3, -0.25) is 4.68 Å². The Labute approximate surface area is 123 Å². The standard InChI is InChI=1S/C16H19N3O2/c1-2-15-14(13-5-3-4-6-16(13)21-15)10-17-12-9-18-19(11-12)7-8-20/h3-6,9,11,17,20H,2,7-8,10H2,1H3. The molecular weight excluding hydrogens is 266 g/mol. The van der Waals surface area contributed by atoms with Crippen molar-refractivity contribution in [1.29, 1.82) is 0 Å². The van der Waals surface area contributed by atoms with Gasteiger partial charge in [-0.15, -0.1) is 0 Å². The van der Waals surface area contributed by atoms with Crippen LogP contribution in [0, 0.1) is 0 Å². The molecule has 110 valence electrons. The van der Waals surface area contributed by atoms with Crippen molar-refractivity contribution in [1.82, 2.24) is 9.78 Å². The molecule has 21 heavy (non-hydrogen) atoms.